The molecule has 2 aromatic carbocycles. The Hall–Kier alpha value is -2.69. The van der Waals surface area contributed by atoms with Gasteiger partial charge >= 0.3 is 0 Å². The van der Waals surface area contributed by atoms with Crippen molar-refractivity contribution in [3.05, 3.63) is 53.6 Å². The summed E-state index contributed by atoms with van der Waals surface area (Å²) in [6.07, 6.45) is 0.371. The number of benzene rings is 2. The van der Waals surface area contributed by atoms with E-state index >= 15 is 0 Å². The van der Waals surface area contributed by atoms with Crippen LogP contribution in [0.5, 0.6) is 11.5 Å². The van der Waals surface area contributed by atoms with Gasteiger partial charge in [-0.2, -0.15) is 0 Å². The molecule has 25 heavy (non-hydrogen) atoms. The van der Waals surface area contributed by atoms with E-state index in [0.29, 0.717) is 23.5 Å². The summed E-state index contributed by atoms with van der Waals surface area (Å²) >= 11 is 0. The number of nitrogens with zero attached hydrogens (tertiary/aromatic N) is 1. The highest BCUT2D eigenvalue weighted by atomic mass is 16.5. The Morgan fingerprint density at radius 2 is 1.96 bits per heavy atom. The predicted molar refractivity (Wildman–Crippen MR) is 98.0 cm³/mol. The zero-order chi connectivity index (χ0) is 18.0. The summed E-state index contributed by atoms with van der Waals surface area (Å²) < 4.78 is 5.51. The Morgan fingerprint density at radius 1 is 1.20 bits per heavy atom. The highest BCUT2D eigenvalue weighted by Gasteiger charge is 2.36. The van der Waals surface area contributed by atoms with Gasteiger partial charge in [0.15, 0.2) is 11.5 Å². The molecular weight excluding hydrogens is 316 g/mol. The van der Waals surface area contributed by atoms with Crippen LogP contribution in [0, 0.1) is 0 Å². The second-order valence-corrected chi connectivity index (χ2v) is 6.19. The number of carbonyl (C=O) groups is 1. The van der Waals surface area contributed by atoms with Crippen molar-refractivity contribution >= 4 is 11.6 Å². The van der Waals surface area contributed by atoms with Gasteiger partial charge in [0.05, 0.1) is 12.2 Å². The summed E-state index contributed by atoms with van der Waals surface area (Å²) in [5, 5.41) is 14.1. The summed E-state index contributed by atoms with van der Waals surface area (Å²) in [4.78, 5) is 14.9. The van der Waals surface area contributed by atoms with Crippen LogP contribution < -0.4 is 10.1 Å². The molecule has 5 nitrogen and oxygen atoms in total. The molecule has 0 radical (unpaired) electrons. The number of ether oxygens (including phenoxy) is 1. The number of amides is 1. The van der Waals surface area contributed by atoms with Crippen molar-refractivity contribution < 1.29 is 14.6 Å². The van der Waals surface area contributed by atoms with Crippen molar-refractivity contribution in [2.75, 3.05) is 11.9 Å². The van der Waals surface area contributed by atoms with Gasteiger partial charge in [-0.25, -0.2) is 0 Å². The standard InChI is InChI=1S/C20H24N2O3/c1-4-13(3)22-19(15-10-8-12-17(18(15)23)25-5-2)21-16-11-7-6-9-14(16)20(22)24/h6-13,19,21,23H,4-5H2,1-3H3/t13-,19+/m0/s1. The number of aromatic hydroxyl groups is 1. The van der Waals surface area contributed by atoms with Gasteiger partial charge in [-0.15, -0.1) is 0 Å². The number of phenols is 1. The molecule has 0 spiro atoms. The zero-order valence-corrected chi connectivity index (χ0v) is 14.8. The van der Waals surface area contributed by atoms with Crippen LogP contribution in [0.1, 0.15) is 49.3 Å². The molecule has 0 bridgehead atoms. The maximum Gasteiger partial charge on any atom is 0.258 e. The molecule has 0 saturated carbocycles. The fourth-order valence-corrected chi connectivity index (χ4v) is 3.18. The molecule has 2 aromatic rings. The first kappa shape index (κ1) is 17.1. The van der Waals surface area contributed by atoms with Crippen molar-refractivity contribution in [3.63, 3.8) is 0 Å². The van der Waals surface area contributed by atoms with E-state index in [0.717, 1.165) is 12.1 Å². The molecule has 0 aliphatic carbocycles. The minimum Gasteiger partial charge on any atom is -0.504 e. The lowest BCUT2D eigenvalue weighted by atomic mass is 10.00. The van der Waals surface area contributed by atoms with Crippen LogP contribution in [0.4, 0.5) is 5.69 Å². The zero-order valence-electron chi connectivity index (χ0n) is 14.8. The number of para-hydroxylation sites is 2. The average Bonchev–Trinajstić information content (AvgIpc) is 2.63. The molecule has 0 saturated heterocycles. The van der Waals surface area contributed by atoms with Crippen molar-refractivity contribution in [2.24, 2.45) is 0 Å². The summed E-state index contributed by atoms with van der Waals surface area (Å²) in [7, 11) is 0. The number of hydrogen-bond acceptors (Lipinski definition) is 4. The van der Waals surface area contributed by atoms with E-state index in [-0.39, 0.29) is 17.7 Å². The Bertz CT molecular complexity index is 775. The Morgan fingerprint density at radius 3 is 2.68 bits per heavy atom. The molecule has 2 N–H and O–H groups in total. The molecule has 3 rings (SSSR count). The van der Waals surface area contributed by atoms with E-state index in [9.17, 15) is 9.90 Å². The lowest BCUT2D eigenvalue weighted by Crippen LogP contribution is -2.47. The van der Waals surface area contributed by atoms with Gasteiger partial charge in [0, 0.05) is 17.3 Å². The molecule has 0 fully saturated rings. The van der Waals surface area contributed by atoms with E-state index in [1.165, 1.54) is 0 Å². The van der Waals surface area contributed by atoms with E-state index in [1.807, 2.05) is 57.2 Å². The third-order valence-corrected chi connectivity index (χ3v) is 4.65. The van der Waals surface area contributed by atoms with Crippen molar-refractivity contribution in [3.8, 4) is 11.5 Å². The molecular formula is C20H24N2O3. The smallest absolute Gasteiger partial charge is 0.258 e. The molecule has 1 amide bonds. The van der Waals surface area contributed by atoms with Gasteiger partial charge < -0.3 is 20.1 Å². The topological polar surface area (TPSA) is 61.8 Å². The maximum absolute atomic E-state index is 13.1. The van der Waals surface area contributed by atoms with Crippen molar-refractivity contribution in [1.29, 1.82) is 0 Å². The highest BCUT2D eigenvalue weighted by molar-refractivity contribution is 6.02. The third-order valence-electron chi connectivity index (χ3n) is 4.65. The molecule has 1 aliphatic heterocycles. The second kappa shape index (κ2) is 7.05. The normalized spacial score (nSPS) is 17.6. The summed E-state index contributed by atoms with van der Waals surface area (Å²) in [6, 6.07) is 12.9. The third kappa shape index (κ3) is 3.02. The summed E-state index contributed by atoms with van der Waals surface area (Å²) in [5.74, 6) is 0.467. The van der Waals surface area contributed by atoms with Gasteiger partial charge in [-0.3, -0.25) is 4.79 Å². The maximum atomic E-state index is 13.1. The molecule has 0 aromatic heterocycles. The molecule has 1 aliphatic rings. The number of nitrogens with one attached hydrogen (secondary N) is 1. The van der Waals surface area contributed by atoms with Gasteiger partial charge in [0.25, 0.3) is 5.91 Å². The van der Waals surface area contributed by atoms with Crippen LogP contribution in [-0.4, -0.2) is 28.6 Å². The minimum absolute atomic E-state index is 0.0218. The Labute approximate surface area is 148 Å². The molecule has 2 atom stereocenters. The van der Waals surface area contributed by atoms with E-state index in [2.05, 4.69) is 5.32 Å². The van der Waals surface area contributed by atoms with Crippen molar-refractivity contribution in [2.45, 2.75) is 39.4 Å². The first-order valence-electron chi connectivity index (χ1n) is 8.71. The number of phenolic OH excluding ortho intramolecular Hbond substituents is 1. The van der Waals surface area contributed by atoms with Gasteiger partial charge in [0.1, 0.15) is 6.17 Å². The van der Waals surface area contributed by atoms with Crippen LogP contribution in [0.15, 0.2) is 42.5 Å². The highest BCUT2D eigenvalue weighted by Crippen LogP contribution is 2.41. The molecule has 132 valence electrons. The molecule has 0 unspecified atom stereocenters. The van der Waals surface area contributed by atoms with Crippen molar-refractivity contribution in [1.82, 2.24) is 4.90 Å². The lowest BCUT2D eigenvalue weighted by molar-refractivity contribution is 0.0591. The van der Waals surface area contributed by atoms with Gasteiger partial charge in [-0.05, 0) is 38.5 Å². The number of carbonyl (C=O) groups excluding carboxylic acids is 1. The van der Waals surface area contributed by atoms with Crippen LogP contribution in [0.2, 0.25) is 0 Å². The SMILES string of the molecule is CCOc1cccc([C@@H]2Nc3ccccc3C(=O)N2[C@@H](C)CC)c1O. The monoisotopic (exact) mass is 340 g/mol. The van der Waals surface area contributed by atoms with Crippen LogP contribution in [0.25, 0.3) is 0 Å². The van der Waals surface area contributed by atoms with Gasteiger partial charge in [0.2, 0.25) is 0 Å². The van der Waals surface area contributed by atoms with Crippen LogP contribution in [0.3, 0.4) is 0 Å². The number of rotatable bonds is 5. The number of hydrogen-bond donors (Lipinski definition) is 2. The Kier molecular flexibility index (Phi) is 4.83. The summed E-state index contributed by atoms with van der Waals surface area (Å²) in [6.45, 7) is 6.40. The van der Waals surface area contributed by atoms with E-state index in [1.54, 1.807) is 11.0 Å². The first-order valence-corrected chi connectivity index (χ1v) is 8.71. The lowest BCUT2D eigenvalue weighted by Gasteiger charge is -2.41. The Balaban J connectivity index is 2.10. The molecule has 5 heteroatoms. The largest absolute Gasteiger partial charge is 0.504 e. The molecule has 1 heterocycles. The van der Waals surface area contributed by atoms with Gasteiger partial charge in [-0.1, -0.05) is 31.2 Å². The minimum atomic E-state index is -0.447. The fourth-order valence-electron chi connectivity index (χ4n) is 3.18. The van der Waals surface area contributed by atoms with Crippen LogP contribution >= 0.6 is 0 Å². The quantitative estimate of drug-likeness (QED) is 0.858. The second-order valence-electron chi connectivity index (χ2n) is 6.19. The summed E-state index contributed by atoms with van der Waals surface area (Å²) in [5.41, 5.74) is 2.06. The fraction of sp³-hybridized carbons (Fsp3) is 0.350. The first-order chi connectivity index (χ1) is 12.1. The number of fused-ring (bicyclic) bond motifs is 1. The van der Waals surface area contributed by atoms with E-state index in [4.69, 9.17) is 4.74 Å². The van der Waals surface area contributed by atoms with Crippen LogP contribution in [-0.2, 0) is 0 Å². The average molecular weight is 340 g/mol. The van der Waals surface area contributed by atoms with E-state index < -0.39 is 6.17 Å². The predicted octanol–water partition coefficient (Wildman–Crippen LogP) is 4.16. The number of anilines is 1.